The molecule has 4 aromatic rings. The number of phenols is 1. The Bertz CT molecular complexity index is 1540. The quantitative estimate of drug-likeness (QED) is 0.0896. The molecule has 0 spiro atoms. The van der Waals surface area contributed by atoms with Crippen LogP contribution in [0.2, 0.25) is 0 Å². The molecule has 1 aliphatic carbocycles. The second-order valence-corrected chi connectivity index (χ2v) is 12.8. The number of rotatable bonds is 16. The fraction of sp³-hybridized carbons (Fsp3) is 0.472. The van der Waals surface area contributed by atoms with Gasteiger partial charge in [0.25, 0.3) is 0 Å². The number of Topliss-reactive ketones (excluding diaryl/α,β-unsaturated/α-hetero) is 1. The predicted molar refractivity (Wildman–Crippen MR) is 176 cm³/mol. The van der Waals surface area contributed by atoms with Gasteiger partial charge >= 0.3 is 0 Å². The molecule has 0 bridgehead atoms. The number of H-pyrrole nitrogens is 1. The number of fused-ring (bicyclic) bond motifs is 1. The monoisotopic (exact) mass is 616 g/mol. The van der Waals surface area contributed by atoms with E-state index in [0.29, 0.717) is 24.5 Å². The van der Waals surface area contributed by atoms with Crippen LogP contribution in [0.1, 0.15) is 92.6 Å². The lowest BCUT2D eigenvalue weighted by molar-refractivity contribution is -0.121. The highest BCUT2D eigenvalue weighted by atomic mass is 16.5. The van der Waals surface area contributed by atoms with E-state index in [4.69, 9.17) is 16.2 Å². The maximum atomic E-state index is 12.6. The van der Waals surface area contributed by atoms with E-state index in [0.717, 1.165) is 46.0 Å². The van der Waals surface area contributed by atoms with Crippen LogP contribution in [-0.4, -0.2) is 42.9 Å². The van der Waals surface area contributed by atoms with Crippen molar-refractivity contribution in [3.63, 3.8) is 0 Å². The number of carbonyl (C=O) groups is 1. The highest BCUT2D eigenvalue weighted by Gasteiger charge is 2.19. The van der Waals surface area contributed by atoms with E-state index in [-0.39, 0.29) is 37.5 Å². The van der Waals surface area contributed by atoms with Gasteiger partial charge in [-0.1, -0.05) is 62.4 Å². The first-order valence-corrected chi connectivity index (χ1v) is 16.3. The van der Waals surface area contributed by atoms with Crippen LogP contribution in [0.15, 0.2) is 61.1 Å². The molecule has 0 aliphatic heterocycles. The molecular weight excluding hydrogens is 568 g/mol. The smallest absolute Gasteiger partial charge is 0.165 e. The molecular formula is C36H48N4O5. The molecule has 2 atom stereocenters. The zero-order valence-electron chi connectivity index (χ0n) is 26.0. The number of aryl methyl sites for hydroxylation is 1. The number of benzene rings is 2. The molecule has 2 unspecified atom stereocenters. The minimum Gasteiger partial charge on any atom is -0.504 e. The van der Waals surface area contributed by atoms with E-state index in [1.54, 1.807) is 18.2 Å². The number of aliphatic hydroxyl groups excluding tert-OH is 2. The number of aromatic hydroxyl groups is 1. The number of ketones is 1. The van der Waals surface area contributed by atoms with E-state index in [9.17, 15) is 20.1 Å². The van der Waals surface area contributed by atoms with Gasteiger partial charge in [-0.3, -0.25) is 4.79 Å². The minimum absolute atomic E-state index is 0.0270. The van der Waals surface area contributed by atoms with Crippen LogP contribution in [0.5, 0.6) is 11.5 Å². The van der Waals surface area contributed by atoms with Crippen molar-refractivity contribution in [3.05, 3.63) is 83.3 Å². The van der Waals surface area contributed by atoms with Gasteiger partial charge in [0.15, 0.2) is 18.2 Å². The number of aliphatic hydroxyl groups is 2. The second kappa shape index (κ2) is 15.6. The zero-order chi connectivity index (χ0) is 31.8. The number of hydrogen-bond donors (Lipinski definition) is 6. The van der Waals surface area contributed by atoms with Crippen LogP contribution >= 0.6 is 0 Å². The van der Waals surface area contributed by atoms with Crippen molar-refractivity contribution in [2.24, 2.45) is 17.4 Å². The van der Waals surface area contributed by atoms with Gasteiger partial charge in [-0.2, -0.15) is 0 Å². The van der Waals surface area contributed by atoms with E-state index >= 15 is 0 Å². The Morgan fingerprint density at radius 3 is 2.64 bits per heavy atom. The normalized spacial score (nSPS) is 15.5. The van der Waals surface area contributed by atoms with Crippen LogP contribution < -0.4 is 16.2 Å². The standard InChI is InChI=1S/C36H48N4O5/c37-36(38)27-8-4-7-26(15-27)16-28-20-39-33-22-40(21-32(28)33)23-45-35-17-25(11-14-34(35)44)10-13-30(42)19-31(43)18-29(41)12-9-24-5-2-1-3-6-24/h4,7-8,11,14-15,17,20-22,24,29,31,36,39,41,43-44H,1-3,5-6,9-10,12-13,16,18-19,23,37-38H2. The average Bonchev–Trinajstić information content (AvgIpc) is 3.60. The molecule has 1 fully saturated rings. The third-order valence-electron chi connectivity index (χ3n) is 9.08. The van der Waals surface area contributed by atoms with Crippen molar-refractivity contribution in [1.29, 1.82) is 0 Å². The maximum absolute atomic E-state index is 12.6. The van der Waals surface area contributed by atoms with Crippen molar-refractivity contribution < 1.29 is 24.9 Å². The molecule has 45 heavy (non-hydrogen) atoms. The Labute approximate surface area is 265 Å². The van der Waals surface area contributed by atoms with E-state index in [2.05, 4.69) is 11.1 Å². The molecule has 9 nitrogen and oxygen atoms in total. The van der Waals surface area contributed by atoms with Crippen LogP contribution in [0.3, 0.4) is 0 Å². The summed E-state index contributed by atoms with van der Waals surface area (Å²) in [4.78, 5) is 15.9. The maximum Gasteiger partial charge on any atom is 0.165 e. The summed E-state index contributed by atoms with van der Waals surface area (Å²) in [5.74, 6) is 1.01. The van der Waals surface area contributed by atoms with E-state index in [1.165, 1.54) is 32.1 Å². The number of nitrogens with zero attached hydrogens (tertiary/aromatic N) is 1. The Kier molecular flexibility index (Phi) is 11.3. The van der Waals surface area contributed by atoms with Crippen LogP contribution in [0.4, 0.5) is 0 Å². The van der Waals surface area contributed by atoms with Crippen LogP contribution in [0, 0.1) is 5.92 Å². The molecule has 242 valence electrons. The zero-order valence-corrected chi connectivity index (χ0v) is 26.0. The molecule has 0 radical (unpaired) electrons. The minimum atomic E-state index is -0.833. The Hall–Kier alpha value is -3.63. The highest BCUT2D eigenvalue weighted by Crippen LogP contribution is 2.30. The first-order chi connectivity index (χ1) is 21.7. The van der Waals surface area contributed by atoms with Gasteiger partial charge in [0.2, 0.25) is 0 Å². The molecule has 5 rings (SSSR count). The summed E-state index contributed by atoms with van der Waals surface area (Å²) < 4.78 is 7.88. The first kappa shape index (κ1) is 32.8. The molecule has 2 aromatic heterocycles. The third-order valence-corrected chi connectivity index (χ3v) is 9.08. The lowest BCUT2D eigenvalue weighted by atomic mass is 9.85. The van der Waals surface area contributed by atoms with Gasteiger partial charge < -0.3 is 41.1 Å². The van der Waals surface area contributed by atoms with Gasteiger partial charge in [-0.25, -0.2) is 0 Å². The predicted octanol–water partition coefficient (Wildman–Crippen LogP) is 5.58. The number of nitrogens with one attached hydrogen (secondary N) is 1. The topological polar surface area (TPSA) is 160 Å². The number of phenolic OH excluding ortho intramolecular Hbond substituents is 1. The van der Waals surface area contributed by atoms with Crippen LogP contribution in [0.25, 0.3) is 10.9 Å². The number of hydrogen-bond acceptors (Lipinski definition) is 7. The SMILES string of the molecule is NC(N)c1cccc(Cc2c[nH]c3cn(COc4cc(CCC(=O)CC(O)CC(O)CCC5CCCCC5)ccc4O)cc23)c1. The molecule has 0 amide bonds. The fourth-order valence-corrected chi connectivity index (χ4v) is 6.51. The molecule has 1 aliphatic rings. The summed E-state index contributed by atoms with van der Waals surface area (Å²) in [7, 11) is 0. The van der Waals surface area contributed by atoms with Gasteiger partial charge in [-0.05, 0) is 72.4 Å². The molecule has 2 heterocycles. The molecule has 1 saturated carbocycles. The lowest BCUT2D eigenvalue weighted by Gasteiger charge is -2.23. The number of aromatic amines is 1. The second-order valence-electron chi connectivity index (χ2n) is 12.8. The summed E-state index contributed by atoms with van der Waals surface area (Å²) in [5, 5.41) is 32.2. The fourth-order valence-electron chi connectivity index (χ4n) is 6.51. The average molecular weight is 617 g/mol. The number of nitrogens with two attached hydrogens (primary N) is 2. The number of aromatic nitrogens is 2. The third kappa shape index (κ3) is 9.43. The number of ether oxygens (including phenoxy) is 1. The highest BCUT2D eigenvalue weighted by molar-refractivity contribution is 5.83. The Morgan fingerprint density at radius 1 is 1.02 bits per heavy atom. The Balaban J connectivity index is 1.09. The summed E-state index contributed by atoms with van der Waals surface area (Å²) in [6, 6.07) is 13.1. The number of carbonyl (C=O) groups excluding carboxylic acids is 1. The van der Waals surface area contributed by atoms with E-state index < -0.39 is 18.4 Å². The first-order valence-electron chi connectivity index (χ1n) is 16.3. The molecule has 9 heteroatoms. The lowest BCUT2D eigenvalue weighted by Crippen LogP contribution is -2.22. The van der Waals surface area contributed by atoms with E-state index in [1.807, 2.05) is 41.4 Å². The summed E-state index contributed by atoms with van der Waals surface area (Å²) in [6.07, 6.45) is 13.8. The van der Waals surface area contributed by atoms with Crippen molar-refractivity contribution in [3.8, 4) is 11.5 Å². The van der Waals surface area contributed by atoms with Crippen molar-refractivity contribution >= 4 is 16.7 Å². The van der Waals surface area contributed by atoms with Crippen LogP contribution in [-0.2, 0) is 24.4 Å². The molecule has 2 aromatic carbocycles. The summed E-state index contributed by atoms with van der Waals surface area (Å²) in [5.41, 5.74) is 16.7. The van der Waals surface area contributed by atoms with Crippen molar-refractivity contribution in [2.75, 3.05) is 0 Å². The largest absolute Gasteiger partial charge is 0.504 e. The molecule has 0 saturated heterocycles. The van der Waals surface area contributed by atoms with Gasteiger partial charge in [0, 0.05) is 36.8 Å². The summed E-state index contributed by atoms with van der Waals surface area (Å²) in [6.45, 7) is 0.199. The van der Waals surface area contributed by atoms with Crippen molar-refractivity contribution in [2.45, 2.75) is 102 Å². The summed E-state index contributed by atoms with van der Waals surface area (Å²) >= 11 is 0. The van der Waals surface area contributed by atoms with Gasteiger partial charge in [-0.15, -0.1) is 0 Å². The van der Waals surface area contributed by atoms with Gasteiger partial charge in [0.1, 0.15) is 5.78 Å². The van der Waals surface area contributed by atoms with Crippen molar-refractivity contribution in [1.82, 2.24) is 9.55 Å². The Morgan fingerprint density at radius 2 is 1.84 bits per heavy atom. The molecule has 8 N–H and O–H groups in total. The van der Waals surface area contributed by atoms with Gasteiger partial charge in [0.05, 0.1) is 23.9 Å².